The quantitative estimate of drug-likeness (QED) is 0.795. The molecule has 1 aromatic heterocycles. The molecule has 0 saturated heterocycles. The van der Waals surface area contributed by atoms with Crippen molar-refractivity contribution in [2.75, 3.05) is 7.11 Å². The minimum atomic E-state index is -0.351. The third-order valence-electron chi connectivity index (χ3n) is 2.71. The Kier molecular flexibility index (Phi) is 3.87. The third-order valence-corrected chi connectivity index (χ3v) is 2.96. The molecule has 0 spiro atoms. The molecule has 0 radical (unpaired) electrons. The number of hydrogen-bond acceptors (Lipinski definition) is 2. The van der Waals surface area contributed by atoms with E-state index in [4.69, 9.17) is 16.3 Å². The van der Waals surface area contributed by atoms with Crippen molar-refractivity contribution in [3.05, 3.63) is 47.5 Å². The number of halogens is 2. The Morgan fingerprint density at radius 2 is 2.28 bits per heavy atom. The lowest BCUT2D eigenvalue weighted by Crippen LogP contribution is -2.03. The first kappa shape index (κ1) is 12.9. The smallest absolute Gasteiger partial charge is 0.170 e. The molecule has 96 valence electrons. The van der Waals surface area contributed by atoms with E-state index in [1.54, 1.807) is 29.1 Å². The highest BCUT2D eigenvalue weighted by Gasteiger charge is 2.10. The van der Waals surface area contributed by atoms with Crippen LogP contribution in [0.4, 0.5) is 4.39 Å². The van der Waals surface area contributed by atoms with Crippen LogP contribution in [-0.2, 0) is 6.54 Å². The Bertz CT molecular complexity index is 540. The summed E-state index contributed by atoms with van der Waals surface area (Å²) < 4.78 is 20.5. The number of rotatable bonds is 4. The molecule has 18 heavy (non-hydrogen) atoms. The minimum absolute atomic E-state index is 0.103. The van der Waals surface area contributed by atoms with Gasteiger partial charge in [0.1, 0.15) is 0 Å². The number of alkyl halides is 1. The van der Waals surface area contributed by atoms with Gasteiger partial charge in [-0.15, -0.1) is 11.6 Å². The number of benzene rings is 1. The SMILES string of the molecule is COc1cccc(Cn2cc(C(C)Cl)cn2)c1F. The molecule has 0 amide bonds. The second-order valence-electron chi connectivity index (χ2n) is 4.02. The first-order valence-electron chi connectivity index (χ1n) is 5.59. The van der Waals surface area contributed by atoms with Gasteiger partial charge >= 0.3 is 0 Å². The van der Waals surface area contributed by atoms with Crippen LogP contribution in [0.1, 0.15) is 23.4 Å². The van der Waals surface area contributed by atoms with Crippen molar-refractivity contribution in [3.8, 4) is 5.75 Å². The van der Waals surface area contributed by atoms with Crippen LogP contribution < -0.4 is 4.74 Å². The van der Waals surface area contributed by atoms with E-state index in [1.807, 2.05) is 13.1 Å². The zero-order valence-corrected chi connectivity index (χ0v) is 11.0. The molecule has 1 aromatic carbocycles. The first-order chi connectivity index (χ1) is 8.61. The van der Waals surface area contributed by atoms with Crippen LogP contribution in [0.15, 0.2) is 30.6 Å². The van der Waals surface area contributed by atoms with E-state index in [9.17, 15) is 4.39 Å². The molecule has 1 heterocycles. The van der Waals surface area contributed by atoms with Crippen LogP contribution in [0.5, 0.6) is 5.75 Å². The van der Waals surface area contributed by atoms with Gasteiger partial charge in [-0.05, 0) is 13.0 Å². The fourth-order valence-electron chi connectivity index (χ4n) is 1.68. The highest BCUT2D eigenvalue weighted by molar-refractivity contribution is 6.20. The zero-order chi connectivity index (χ0) is 13.1. The van der Waals surface area contributed by atoms with Crippen LogP contribution in [0.25, 0.3) is 0 Å². The molecular weight excluding hydrogens is 255 g/mol. The fraction of sp³-hybridized carbons (Fsp3) is 0.308. The van der Waals surface area contributed by atoms with Crippen molar-refractivity contribution in [1.82, 2.24) is 9.78 Å². The van der Waals surface area contributed by atoms with E-state index in [0.717, 1.165) is 5.56 Å². The second-order valence-corrected chi connectivity index (χ2v) is 4.68. The van der Waals surface area contributed by atoms with Gasteiger partial charge in [0.25, 0.3) is 0 Å². The third kappa shape index (κ3) is 2.64. The highest BCUT2D eigenvalue weighted by atomic mass is 35.5. The van der Waals surface area contributed by atoms with E-state index < -0.39 is 0 Å². The van der Waals surface area contributed by atoms with Crippen LogP contribution in [0.2, 0.25) is 0 Å². The summed E-state index contributed by atoms with van der Waals surface area (Å²) in [6.07, 6.45) is 3.51. The van der Waals surface area contributed by atoms with Crippen LogP contribution in [0.3, 0.4) is 0 Å². The average molecular weight is 269 g/mol. The molecule has 0 bridgehead atoms. The summed E-state index contributed by atoms with van der Waals surface area (Å²) in [5.41, 5.74) is 1.45. The summed E-state index contributed by atoms with van der Waals surface area (Å²) in [5, 5.41) is 4.05. The Hall–Kier alpha value is -1.55. The number of nitrogens with zero attached hydrogens (tertiary/aromatic N) is 2. The Balaban J connectivity index is 2.23. The first-order valence-corrected chi connectivity index (χ1v) is 6.03. The monoisotopic (exact) mass is 268 g/mol. The molecule has 5 heteroatoms. The van der Waals surface area contributed by atoms with Gasteiger partial charge in [-0.1, -0.05) is 12.1 Å². The van der Waals surface area contributed by atoms with Crippen molar-refractivity contribution in [1.29, 1.82) is 0 Å². The average Bonchev–Trinajstić information content (AvgIpc) is 2.80. The predicted molar refractivity (Wildman–Crippen MR) is 68.5 cm³/mol. The van der Waals surface area contributed by atoms with Gasteiger partial charge in [0.05, 0.1) is 25.2 Å². The van der Waals surface area contributed by atoms with Gasteiger partial charge in [0, 0.05) is 17.3 Å². The maximum Gasteiger partial charge on any atom is 0.170 e. The van der Waals surface area contributed by atoms with Gasteiger partial charge in [-0.3, -0.25) is 4.68 Å². The van der Waals surface area contributed by atoms with Gasteiger partial charge in [0.2, 0.25) is 0 Å². The molecule has 0 fully saturated rings. The Morgan fingerprint density at radius 3 is 2.89 bits per heavy atom. The number of hydrogen-bond donors (Lipinski definition) is 0. The number of aromatic nitrogens is 2. The normalized spacial score (nSPS) is 12.4. The highest BCUT2D eigenvalue weighted by Crippen LogP contribution is 2.22. The van der Waals surface area contributed by atoms with Crippen molar-refractivity contribution in [3.63, 3.8) is 0 Å². The summed E-state index contributed by atoms with van der Waals surface area (Å²) >= 11 is 5.95. The van der Waals surface area contributed by atoms with Crippen LogP contribution in [0, 0.1) is 5.82 Å². The maximum absolute atomic E-state index is 13.9. The standard InChI is InChI=1S/C13H14ClFN2O/c1-9(14)11-6-16-17(8-11)7-10-4-3-5-12(18-2)13(10)15/h3-6,8-9H,7H2,1-2H3. The minimum Gasteiger partial charge on any atom is -0.494 e. The second kappa shape index (κ2) is 5.40. The summed E-state index contributed by atoms with van der Waals surface area (Å²) in [4.78, 5) is 0. The van der Waals surface area contributed by atoms with Crippen LogP contribution in [-0.4, -0.2) is 16.9 Å². The largest absolute Gasteiger partial charge is 0.494 e. The molecule has 0 aliphatic carbocycles. The lowest BCUT2D eigenvalue weighted by molar-refractivity contribution is 0.383. The van der Waals surface area contributed by atoms with Gasteiger partial charge < -0.3 is 4.74 Å². The molecule has 2 rings (SSSR count). The molecular formula is C13H14ClFN2O. The van der Waals surface area contributed by atoms with Gasteiger partial charge in [0.15, 0.2) is 11.6 Å². The van der Waals surface area contributed by atoms with Gasteiger partial charge in [-0.2, -0.15) is 5.10 Å². The Morgan fingerprint density at radius 1 is 1.50 bits per heavy atom. The van der Waals surface area contributed by atoms with Gasteiger partial charge in [-0.25, -0.2) is 4.39 Å². The molecule has 0 aliphatic rings. The lowest BCUT2D eigenvalue weighted by atomic mass is 10.2. The fourth-order valence-corrected chi connectivity index (χ4v) is 1.79. The number of methoxy groups -OCH3 is 1. The maximum atomic E-state index is 13.9. The molecule has 0 saturated carbocycles. The van der Waals surface area contributed by atoms with E-state index in [2.05, 4.69) is 5.10 Å². The summed E-state index contributed by atoms with van der Waals surface area (Å²) in [7, 11) is 1.45. The van der Waals surface area contributed by atoms with Crippen molar-refractivity contribution in [2.45, 2.75) is 18.8 Å². The molecule has 1 unspecified atom stereocenters. The van der Waals surface area contributed by atoms with E-state index >= 15 is 0 Å². The summed E-state index contributed by atoms with van der Waals surface area (Å²) in [5.74, 6) is -0.110. The summed E-state index contributed by atoms with van der Waals surface area (Å²) in [6, 6.07) is 5.06. The van der Waals surface area contributed by atoms with E-state index in [-0.39, 0.29) is 16.9 Å². The molecule has 0 aliphatic heterocycles. The topological polar surface area (TPSA) is 27.1 Å². The molecule has 3 nitrogen and oxygen atoms in total. The molecule has 1 atom stereocenters. The Labute approximate surface area is 110 Å². The van der Waals surface area contributed by atoms with Crippen molar-refractivity contribution in [2.24, 2.45) is 0 Å². The number of ether oxygens (including phenoxy) is 1. The van der Waals surface area contributed by atoms with Crippen molar-refractivity contribution < 1.29 is 9.13 Å². The predicted octanol–water partition coefficient (Wildman–Crippen LogP) is 3.38. The lowest BCUT2D eigenvalue weighted by Gasteiger charge is -2.07. The summed E-state index contributed by atoms with van der Waals surface area (Å²) in [6.45, 7) is 2.22. The molecule has 0 N–H and O–H groups in total. The zero-order valence-electron chi connectivity index (χ0n) is 10.2. The van der Waals surface area contributed by atoms with E-state index in [1.165, 1.54) is 7.11 Å². The van der Waals surface area contributed by atoms with Crippen LogP contribution >= 0.6 is 11.6 Å². The molecule has 2 aromatic rings. The van der Waals surface area contributed by atoms with E-state index in [0.29, 0.717) is 12.1 Å². The van der Waals surface area contributed by atoms with Crippen molar-refractivity contribution >= 4 is 11.6 Å².